The zero-order valence-electron chi connectivity index (χ0n) is 10.2. The van der Waals surface area contributed by atoms with E-state index in [-0.39, 0.29) is 11.5 Å². The maximum atomic E-state index is 11.9. The van der Waals surface area contributed by atoms with Crippen molar-refractivity contribution in [3.05, 3.63) is 35.5 Å². The highest BCUT2D eigenvalue weighted by Crippen LogP contribution is 2.24. The van der Waals surface area contributed by atoms with Crippen molar-refractivity contribution in [3.8, 4) is 0 Å². The van der Waals surface area contributed by atoms with Gasteiger partial charge in [-0.1, -0.05) is 32.0 Å². The number of benzene rings is 1. The number of aromatic nitrogens is 2. The van der Waals surface area contributed by atoms with Crippen LogP contribution in [0.2, 0.25) is 0 Å². The minimum atomic E-state index is -0.429. The molecule has 0 spiro atoms. The van der Waals surface area contributed by atoms with Gasteiger partial charge in [-0.2, -0.15) is 0 Å². The normalized spacial score (nSPS) is 10.6. The first-order valence-corrected chi connectivity index (χ1v) is 5.58. The number of rotatable bonds is 3. The molecule has 1 aromatic carbocycles. The average Bonchev–Trinajstić information content (AvgIpc) is 2.76. The van der Waals surface area contributed by atoms with Gasteiger partial charge in [0.1, 0.15) is 0 Å². The Balaban J connectivity index is 2.25. The van der Waals surface area contributed by atoms with Gasteiger partial charge in [0, 0.05) is 5.69 Å². The fourth-order valence-corrected chi connectivity index (χ4v) is 1.65. The highest BCUT2D eigenvalue weighted by molar-refractivity contribution is 6.05. The number of anilines is 2. The Morgan fingerprint density at radius 3 is 2.67 bits per heavy atom. The maximum absolute atomic E-state index is 11.9. The predicted octanol–water partition coefficient (Wildman–Crippen LogP) is 2.03. The van der Waals surface area contributed by atoms with Gasteiger partial charge in [0.25, 0.3) is 5.91 Å². The number of hydrogen-bond donors (Lipinski definition) is 2. The van der Waals surface area contributed by atoms with E-state index in [1.54, 1.807) is 0 Å². The standard InChI is InChI=1S/C12H14N4O2/c1-7(2)8-5-3-4-6-9(8)14-12(17)10-11(13)16-18-15-10/h3-7H,1-2H3,(H2,13,16)(H,14,17). The number of nitrogens with zero attached hydrogens (tertiary/aromatic N) is 2. The highest BCUT2D eigenvalue weighted by atomic mass is 16.6. The second-order valence-electron chi connectivity index (χ2n) is 4.19. The third-order valence-electron chi connectivity index (χ3n) is 2.56. The van der Waals surface area contributed by atoms with Crippen LogP contribution in [0, 0.1) is 0 Å². The zero-order chi connectivity index (χ0) is 13.1. The second-order valence-corrected chi connectivity index (χ2v) is 4.19. The summed E-state index contributed by atoms with van der Waals surface area (Å²) in [6, 6.07) is 7.57. The predicted molar refractivity (Wildman–Crippen MR) is 67.2 cm³/mol. The summed E-state index contributed by atoms with van der Waals surface area (Å²) in [6.07, 6.45) is 0. The van der Waals surface area contributed by atoms with Gasteiger partial charge in [-0.05, 0) is 27.9 Å². The Morgan fingerprint density at radius 1 is 1.33 bits per heavy atom. The zero-order valence-corrected chi connectivity index (χ0v) is 10.2. The Labute approximate surface area is 104 Å². The van der Waals surface area contributed by atoms with E-state index < -0.39 is 5.91 Å². The molecule has 0 aliphatic rings. The van der Waals surface area contributed by atoms with Crippen LogP contribution in [0.15, 0.2) is 28.9 Å². The van der Waals surface area contributed by atoms with Gasteiger partial charge in [0.15, 0.2) is 0 Å². The van der Waals surface area contributed by atoms with E-state index in [1.807, 2.05) is 24.3 Å². The van der Waals surface area contributed by atoms with Crippen molar-refractivity contribution in [3.63, 3.8) is 0 Å². The first-order valence-electron chi connectivity index (χ1n) is 5.58. The highest BCUT2D eigenvalue weighted by Gasteiger charge is 2.17. The molecule has 6 nitrogen and oxygen atoms in total. The summed E-state index contributed by atoms with van der Waals surface area (Å²) in [6.45, 7) is 4.11. The molecule has 0 aliphatic carbocycles. The monoisotopic (exact) mass is 246 g/mol. The van der Waals surface area contributed by atoms with Crippen LogP contribution in [-0.4, -0.2) is 16.2 Å². The first kappa shape index (κ1) is 12.1. The number of amides is 1. The van der Waals surface area contributed by atoms with Crippen molar-refractivity contribution in [2.24, 2.45) is 0 Å². The molecular weight excluding hydrogens is 232 g/mol. The SMILES string of the molecule is CC(C)c1ccccc1NC(=O)c1nonc1N. The third kappa shape index (κ3) is 2.32. The van der Waals surface area contributed by atoms with Crippen molar-refractivity contribution in [1.82, 2.24) is 10.3 Å². The Morgan fingerprint density at radius 2 is 2.06 bits per heavy atom. The van der Waals surface area contributed by atoms with Crippen LogP contribution >= 0.6 is 0 Å². The van der Waals surface area contributed by atoms with Gasteiger partial charge in [0.2, 0.25) is 11.5 Å². The van der Waals surface area contributed by atoms with Crippen molar-refractivity contribution in [2.45, 2.75) is 19.8 Å². The van der Waals surface area contributed by atoms with Gasteiger partial charge in [-0.15, -0.1) is 0 Å². The molecule has 0 aliphatic heterocycles. The summed E-state index contributed by atoms with van der Waals surface area (Å²) < 4.78 is 4.40. The number of hydrogen-bond acceptors (Lipinski definition) is 5. The number of carbonyl (C=O) groups is 1. The summed E-state index contributed by atoms with van der Waals surface area (Å²) in [5.41, 5.74) is 7.24. The molecule has 6 heteroatoms. The van der Waals surface area contributed by atoms with Gasteiger partial charge in [0.05, 0.1) is 0 Å². The molecule has 0 saturated carbocycles. The van der Waals surface area contributed by atoms with Crippen molar-refractivity contribution >= 4 is 17.4 Å². The molecule has 1 amide bonds. The molecule has 3 N–H and O–H groups in total. The van der Waals surface area contributed by atoms with E-state index in [4.69, 9.17) is 5.73 Å². The lowest BCUT2D eigenvalue weighted by atomic mass is 10.0. The molecule has 0 unspecified atom stereocenters. The third-order valence-corrected chi connectivity index (χ3v) is 2.56. The van der Waals surface area contributed by atoms with Gasteiger partial charge in [-0.25, -0.2) is 4.63 Å². The van der Waals surface area contributed by atoms with E-state index in [2.05, 4.69) is 34.1 Å². The minimum Gasteiger partial charge on any atom is -0.379 e. The molecule has 18 heavy (non-hydrogen) atoms. The quantitative estimate of drug-likeness (QED) is 0.864. The first-order chi connectivity index (χ1) is 8.59. The number of nitrogen functional groups attached to an aromatic ring is 1. The molecule has 0 radical (unpaired) electrons. The van der Waals surface area contributed by atoms with E-state index in [0.717, 1.165) is 11.3 Å². The van der Waals surface area contributed by atoms with Crippen LogP contribution < -0.4 is 11.1 Å². The van der Waals surface area contributed by atoms with Crippen LogP contribution in [0.3, 0.4) is 0 Å². The second kappa shape index (κ2) is 4.87. The van der Waals surface area contributed by atoms with Gasteiger partial charge in [-0.3, -0.25) is 4.79 Å². The number of nitrogens with one attached hydrogen (secondary N) is 1. The fourth-order valence-electron chi connectivity index (χ4n) is 1.65. The molecule has 94 valence electrons. The van der Waals surface area contributed by atoms with Crippen LogP contribution in [0.5, 0.6) is 0 Å². The molecule has 1 heterocycles. The van der Waals surface area contributed by atoms with Crippen LogP contribution in [0.4, 0.5) is 11.5 Å². The summed E-state index contributed by atoms with van der Waals surface area (Å²) in [7, 11) is 0. The molecule has 1 aromatic heterocycles. The number of carbonyl (C=O) groups excluding carboxylic acids is 1. The molecule has 0 saturated heterocycles. The van der Waals surface area contributed by atoms with Crippen LogP contribution in [-0.2, 0) is 0 Å². The van der Waals surface area contributed by atoms with Crippen LogP contribution in [0.25, 0.3) is 0 Å². The summed E-state index contributed by atoms with van der Waals surface area (Å²) in [5.74, 6) is -0.148. The molecule has 2 aromatic rings. The van der Waals surface area contributed by atoms with E-state index >= 15 is 0 Å². The Hall–Kier alpha value is -2.37. The number of nitrogens with two attached hydrogens (primary N) is 1. The molecular formula is C12H14N4O2. The lowest BCUT2D eigenvalue weighted by Crippen LogP contribution is -2.15. The fraction of sp³-hybridized carbons (Fsp3) is 0.250. The minimum absolute atomic E-state index is 0.00596. The van der Waals surface area contributed by atoms with Gasteiger partial charge >= 0.3 is 0 Å². The summed E-state index contributed by atoms with van der Waals surface area (Å²) in [4.78, 5) is 11.9. The molecule has 0 fully saturated rings. The Bertz CT molecular complexity index is 563. The molecule has 2 rings (SSSR count). The summed E-state index contributed by atoms with van der Waals surface area (Å²) >= 11 is 0. The van der Waals surface area contributed by atoms with Crippen molar-refractivity contribution in [2.75, 3.05) is 11.1 Å². The molecule has 0 bridgehead atoms. The van der Waals surface area contributed by atoms with Gasteiger partial charge < -0.3 is 11.1 Å². The maximum Gasteiger partial charge on any atom is 0.281 e. The lowest BCUT2D eigenvalue weighted by Gasteiger charge is -2.12. The topological polar surface area (TPSA) is 94.0 Å². The number of para-hydroxylation sites is 1. The Kier molecular flexibility index (Phi) is 3.27. The summed E-state index contributed by atoms with van der Waals surface area (Å²) in [5, 5.41) is 9.58. The van der Waals surface area contributed by atoms with E-state index in [0.29, 0.717) is 5.92 Å². The largest absolute Gasteiger partial charge is 0.379 e. The van der Waals surface area contributed by atoms with Crippen LogP contribution in [0.1, 0.15) is 35.8 Å². The van der Waals surface area contributed by atoms with Crippen molar-refractivity contribution < 1.29 is 9.42 Å². The molecule has 0 atom stereocenters. The smallest absolute Gasteiger partial charge is 0.281 e. The lowest BCUT2D eigenvalue weighted by molar-refractivity contribution is 0.101. The van der Waals surface area contributed by atoms with E-state index in [1.165, 1.54) is 0 Å². The van der Waals surface area contributed by atoms with E-state index in [9.17, 15) is 4.79 Å². The van der Waals surface area contributed by atoms with Crippen molar-refractivity contribution in [1.29, 1.82) is 0 Å². The average molecular weight is 246 g/mol.